The average molecular weight is 220 g/mol. The van der Waals surface area contributed by atoms with E-state index in [0.29, 0.717) is 0 Å². The highest BCUT2D eigenvalue weighted by molar-refractivity contribution is 4.88. The van der Waals surface area contributed by atoms with Gasteiger partial charge in [-0.15, -0.1) is 6.58 Å². The minimum absolute atomic E-state index is 1.01. The third kappa shape index (κ3) is 13.2. The Balaban J connectivity index is 3.11. The number of allylic oxidation sites excluding steroid dienone is 5. The molecule has 0 heteroatoms. The number of unbranched alkanes of at least 4 members (excludes halogenated alkanes) is 6. The molecule has 0 atom stereocenters. The fourth-order valence-electron chi connectivity index (χ4n) is 1.58. The largest absolute Gasteiger partial charge is 0.103 e. The van der Waals surface area contributed by atoms with Crippen LogP contribution in [0.15, 0.2) is 37.0 Å². The quantitative estimate of drug-likeness (QED) is 0.304. The molecule has 0 saturated heterocycles. The van der Waals surface area contributed by atoms with Gasteiger partial charge in [0.05, 0.1) is 0 Å². The molecular weight excluding hydrogens is 192 g/mol. The van der Waals surface area contributed by atoms with Crippen LogP contribution in [-0.2, 0) is 0 Å². The highest BCUT2D eigenvalue weighted by atomic mass is 13.9. The Morgan fingerprint density at radius 1 is 0.750 bits per heavy atom. The van der Waals surface area contributed by atoms with E-state index in [2.05, 4.69) is 37.8 Å². The molecule has 0 aromatic rings. The van der Waals surface area contributed by atoms with Crippen LogP contribution in [0.5, 0.6) is 0 Å². The van der Waals surface area contributed by atoms with Crippen molar-refractivity contribution in [2.24, 2.45) is 0 Å². The van der Waals surface area contributed by atoms with Crippen molar-refractivity contribution in [1.29, 1.82) is 0 Å². The normalized spacial score (nSPS) is 11.6. The zero-order chi connectivity index (χ0) is 11.9. The molecule has 16 heavy (non-hydrogen) atoms. The molecule has 0 saturated carbocycles. The van der Waals surface area contributed by atoms with E-state index >= 15 is 0 Å². The molecule has 0 heterocycles. The van der Waals surface area contributed by atoms with Gasteiger partial charge in [0, 0.05) is 0 Å². The summed E-state index contributed by atoms with van der Waals surface area (Å²) in [5.41, 5.74) is 0. The van der Waals surface area contributed by atoms with Gasteiger partial charge < -0.3 is 0 Å². The molecule has 0 nitrogen and oxygen atoms in total. The number of rotatable bonds is 11. The predicted molar refractivity (Wildman–Crippen MR) is 75.7 cm³/mol. The first kappa shape index (κ1) is 15.2. The summed E-state index contributed by atoms with van der Waals surface area (Å²) in [6.45, 7) is 5.94. The first-order valence-corrected chi connectivity index (χ1v) is 6.82. The van der Waals surface area contributed by atoms with Gasteiger partial charge in [0.1, 0.15) is 0 Å². The minimum atomic E-state index is 1.01. The zero-order valence-corrected chi connectivity index (χ0v) is 11.0. The Bertz CT molecular complexity index is 186. The van der Waals surface area contributed by atoms with Crippen LogP contribution in [0.4, 0.5) is 0 Å². The van der Waals surface area contributed by atoms with Gasteiger partial charge in [0.25, 0.3) is 0 Å². The molecule has 0 fully saturated rings. The van der Waals surface area contributed by atoms with Crippen molar-refractivity contribution in [3.63, 3.8) is 0 Å². The van der Waals surface area contributed by atoms with E-state index in [-0.39, 0.29) is 0 Å². The van der Waals surface area contributed by atoms with Gasteiger partial charge in [-0.2, -0.15) is 0 Å². The van der Waals surface area contributed by atoms with Crippen LogP contribution in [0.2, 0.25) is 0 Å². The lowest BCUT2D eigenvalue weighted by Crippen LogP contribution is -1.74. The van der Waals surface area contributed by atoms with E-state index in [1.807, 2.05) is 6.08 Å². The molecule has 0 aromatic carbocycles. The van der Waals surface area contributed by atoms with Gasteiger partial charge in [-0.3, -0.25) is 0 Å². The molecule has 92 valence electrons. The van der Waals surface area contributed by atoms with Crippen molar-refractivity contribution in [3.05, 3.63) is 37.0 Å². The van der Waals surface area contributed by atoms with Crippen LogP contribution in [0.1, 0.15) is 64.7 Å². The van der Waals surface area contributed by atoms with Crippen molar-refractivity contribution in [3.8, 4) is 0 Å². The second-order valence-corrected chi connectivity index (χ2v) is 4.25. The second kappa shape index (κ2) is 14.2. The van der Waals surface area contributed by atoms with E-state index in [4.69, 9.17) is 0 Å². The molecule has 0 unspecified atom stereocenters. The number of hydrogen-bond acceptors (Lipinski definition) is 0. The summed E-state index contributed by atoms with van der Waals surface area (Å²) in [6.07, 6.45) is 22.6. The van der Waals surface area contributed by atoms with Crippen molar-refractivity contribution in [2.45, 2.75) is 64.7 Å². The van der Waals surface area contributed by atoms with Crippen LogP contribution >= 0.6 is 0 Å². The molecule has 0 amide bonds. The Hall–Kier alpha value is -0.780. The van der Waals surface area contributed by atoms with Gasteiger partial charge >= 0.3 is 0 Å². The minimum Gasteiger partial charge on any atom is -0.103 e. The smallest absolute Gasteiger partial charge is 0.0172 e. The summed E-state index contributed by atoms with van der Waals surface area (Å²) in [5.74, 6) is 0. The third-order valence-corrected chi connectivity index (χ3v) is 2.60. The molecule has 0 radical (unpaired) electrons. The lowest BCUT2D eigenvalue weighted by molar-refractivity contribution is 0.723. The lowest BCUT2D eigenvalue weighted by atomic mass is 10.1. The summed E-state index contributed by atoms with van der Waals surface area (Å²) in [5, 5.41) is 0. The summed E-state index contributed by atoms with van der Waals surface area (Å²) in [4.78, 5) is 0. The van der Waals surface area contributed by atoms with Gasteiger partial charge in [0.2, 0.25) is 0 Å². The van der Waals surface area contributed by atoms with Gasteiger partial charge in [-0.05, 0) is 44.9 Å². The summed E-state index contributed by atoms with van der Waals surface area (Å²) < 4.78 is 0. The van der Waals surface area contributed by atoms with Crippen LogP contribution in [0, 0.1) is 0 Å². The molecule has 0 aliphatic carbocycles. The molecule has 0 N–H and O–H groups in total. The highest BCUT2D eigenvalue weighted by Gasteiger charge is 1.84. The number of hydrogen-bond donors (Lipinski definition) is 0. The maximum Gasteiger partial charge on any atom is -0.0172 e. The fraction of sp³-hybridized carbons (Fsp3) is 0.625. The summed E-state index contributed by atoms with van der Waals surface area (Å²) in [7, 11) is 0. The molecule has 0 aromatic heterocycles. The second-order valence-electron chi connectivity index (χ2n) is 4.25. The topological polar surface area (TPSA) is 0 Å². The molecular formula is C16H28. The van der Waals surface area contributed by atoms with Crippen molar-refractivity contribution in [1.82, 2.24) is 0 Å². The highest BCUT2D eigenvalue weighted by Crippen LogP contribution is 2.04. The average Bonchev–Trinajstić information content (AvgIpc) is 2.31. The van der Waals surface area contributed by atoms with Crippen molar-refractivity contribution >= 4 is 0 Å². The molecule has 0 spiro atoms. The zero-order valence-electron chi connectivity index (χ0n) is 11.0. The van der Waals surface area contributed by atoms with Gasteiger partial charge in [0.15, 0.2) is 0 Å². The Kier molecular flexibility index (Phi) is 13.5. The van der Waals surface area contributed by atoms with Crippen LogP contribution < -0.4 is 0 Å². The van der Waals surface area contributed by atoms with Gasteiger partial charge in [-0.1, -0.05) is 50.1 Å². The third-order valence-electron chi connectivity index (χ3n) is 2.60. The van der Waals surface area contributed by atoms with E-state index in [1.165, 1.54) is 51.4 Å². The van der Waals surface area contributed by atoms with E-state index in [1.54, 1.807) is 0 Å². The van der Waals surface area contributed by atoms with E-state index in [0.717, 1.165) is 6.42 Å². The maximum atomic E-state index is 3.69. The van der Waals surface area contributed by atoms with Gasteiger partial charge in [-0.25, -0.2) is 0 Å². The Morgan fingerprint density at radius 3 is 1.75 bits per heavy atom. The standard InChI is InChI=1S/C16H28/c1-3-5-7-9-11-13-15-16-14-12-10-8-6-4-2/h3,7,9,12,14H,1,4-6,8,10-11,13,15-16H2,2H3/b9-7+,14-12+. The van der Waals surface area contributed by atoms with E-state index < -0.39 is 0 Å². The van der Waals surface area contributed by atoms with E-state index in [9.17, 15) is 0 Å². The first-order valence-electron chi connectivity index (χ1n) is 6.82. The lowest BCUT2D eigenvalue weighted by Gasteiger charge is -1.94. The molecule has 0 aliphatic heterocycles. The predicted octanol–water partition coefficient (Wildman–Crippen LogP) is 5.82. The van der Waals surface area contributed by atoms with Crippen LogP contribution in [-0.4, -0.2) is 0 Å². The van der Waals surface area contributed by atoms with Crippen molar-refractivity contribution in [2.75, 3.05) is 0 Å². The first-order chi connectivity index (χ1) is 7.91. The fourth-order valence-corrected chi connectivity index (χ4v) is 1.58. The monoisotopic (exact) mass is 220 g/mol. The maximum absolute atomic E-state index is 3.69. The Morgan fingerprint density at radius 2 is 1.25 bits per heavy atom. The Labute approximate surface area is 102 Å². The SMILES string of the molecule is C=CC/C=C/CCCC/C=C/CCCCC. The van der Waals surface area contributed by atoms with Crippen molar-refractivity contribution < 1.29 is 0 Å². The molecule has 0 aliphatic rings. The molecule has 0 rings (SSSR count). The summed E-state index contributed by atoms with van der Waals surface area (Å²) in [6, 6.07) is 0. The molecule has 0 bridgehead atoms. The van der Waals surface area contributed by atoms with Crippen LogP contribution in [0.3, 0.4) is 0 Å². The summed E-state index contributed by atoms with van der Waals surface area (Å²) >= 11 is 0. The van der Waals surface area contributed by atoms with Crippen LogP contribution in [0.25, 0.3) is 0 Å².